The van der Waals surface area contributed by atoms with Crippen LogP contribution in [0.1, 0.15) is 18.4 Å². The van der Waals surface area contributed by atoms with Crippen molar-refractivity contribution in [2.24, 2.45) is 0 Å². The standard InChI is InChI=1S/C11H16ClNO3S/c1-9-4-5-11(10(12)8-9)17(15,16)13-6-2-3-7-14/h4-5,8,13-14H,2-3,6-7H2,1H3. The Bertz CT molecular complexity index is 474. The van der Waals surface area contributed by atoms with Crippen LogP contribution in [0, 0.1) is 6.92 Å². The van der Waals surface area contributed by atoms with Gasteiger partial charge in [-0.05, 0) is 37.5 Å². The molecule has 0 saturated heterocycles. The van der Waals surface area contributed by atoms with E-state index >= 15 is 0 Å². The van der Waals surface area contributed by atoms with E-state index in [1.165, 1.54) is 6.07 Å². The number of benzene rings is 1. The number of hydrogen-bond acceptors (Lipinski definition) is 3. The Balaban J connectivity index is 2.76. The van der Waals surface area contributed by atoms with E-state index in [0.717, 1.165) is 5.56 Å². The molecule has 1 aromatic rings. The Morgan fingerprint density at radius 1 is 1.35 bits per heavy atom. The van der Waals surface area contributed by atoms with Crippen molar-refractivity contribution in [3.63, 3.8) is 0 Å². The summed E-state index contributed by atoms with van der Waals surface area (Å²) in [6.07, 6.45) is 1.17. The van der Waals surface area contributed by atoms with Crippen molar-refractivity contribution < 1.29 is 13.5 Å². The Morgan fingerprint density at radius 3 is 2.65 bits per heavy atom. The van der Waals surface area contributed by atoms with Crippen molar-refractivity contribution in [2.45, 2.75) is 24.7 Å². The molecule has 6 heteroatoms. The monoisotopic (exact) mass is 277 g/mol. The molecule has 0 bridgehead atoms. The molecule has 0 saturated carbocycles. The highest BCUT2D eigenvalue weighted by atomic mass is 35.5. The predicted octanol–water partition coefficient (Wildman–Crippen LogP) is 1.70. The lowest BCUT2D eigenvalue weighted by atomic mass is 10.2. The molecule has 0 atom stereocenters. The van der Waals surface area contributed by atoms with Gasteiger partial charge in [-0.25, -0.2) is 13.1 Å². The third-order valence-corrected chi connectivity index (χ3v) is 4.20. The molecule has 1 rings (SSSR count). The summed E-state index contributed by atoms with van der Waals surface area (Å²) in [7, 11) is -3.55. The van der Waals surface area contributed by atoms with Crippen molar-refractivity contribution in [1.29, 1.82) is 0 Å². The molecule has 0 unspecified atom stereocenters. The molecule has 1 aromatic carbocycles. The summed E-state index contributed by atoms with van der Waals surface area (Å²) in [6, 6.07) is 4.81. The number of hydrogen-bond donors (Lipinski definition) is 2. The highest BCUT2D eigenvalue weighted by Gasteiger charge is 2.16. The van der Waals surface area contributed by atoms with Crippen molar-refractivity contribution in [3.8, 4) is 0 Å². The topological polar surface area (TPSA) is 66.4 Å². The van der Waals surface area contributed by atoms with Crippen LogP contribution >= 0.6 is 11.6 Å². The van der Waals surface area contributed by atoms with Gasteiger partial charge in [0.1, 0.15) is 4.90 Å². The minimum atomic E-state index is -3.55. The van der Waals surface area contributed by atoms with Gasteiger partial charge < -0.3 is 5.11 Å². The fraction of sp³-hybridized carbons (Fsp3) is 0.455. The maximum atomic E-state index is 11.9. The first-order valence-corrected chi connectivity index (χ1v) is 7.20. The normalized spacial score (nSPS) is 11.7. The third kappa shape index (κ3) is 4.27. The molecule has 0 radical (unpaired) electrons. The van der Waals surface area contributed by atoms with Crippen molar-refractivity contribution in [1.82, 2.24) is 4.72 Å². The summed E-state index contributed by atoms with van der Waals surface area (Å²) in [5.41, 5.74) is 0.911. The van der Waals surface area contributed by atoms with Crippen LogP contribution in [-0.2, 0) is 10.0 Å². The number of aliphatic hydroxyl groups excluding tert-OH is 1. The molecule has 0 aliphatic rings. The molecule has 17 heavy (non-hydrogen) atoms. The number of sulfonamides is 1. The van der Waals surface area contributed by atoms with Crippen LogP contribution in [0.15, 0.2) is 23.1 Å². The minimum Gasteiger partial charge on any atom is -0.396 e. The number of aliphatic hydroxyl groups is 1. The zero-order valence-electron chi connectivity index (χ0n) is 9.61. The zero-order valence-corrected chi connectivity index (χ0v) is 11.2. The first kappa shape index (κ1) is 14.4. The molecule has 0 fully saturated rings. The highest BCUT2D eigenvalue weighted by Crippen LogP contribution is 2.22. The summed E-state index contributed by atoms with van der Waals surface area (Å²) < 4.78 is 26.2. The van der Waals surface area contributed by atoms with E-state index in [1.807, 2.05) is 6.92 Å². The summed E-state index contributed by atoms with van der Waals surface area (Å²) in [5, 5.41) is 8.81. The molecule has 0 aliphatic carbocycles. The van der Waals surface area contributed by atoms with Gasteiger partial charge in [0.2, 0.25) is 10.0 Å². The van der Waals surface area contributed by atoms with Gasteiger partial charge in [0.25, 0.3) is 0 Å². The summed E-state index contributed by atoms with van der Waals surface area (Å²) in [4.78, 5) is 0.0914. The van der Waals surface area contributed by atoms with Crippen LogP contribution in [0.2, 0.25) is 5.02 Å². The van der Waals surface area contributed by atoms with Gasteiger partial charge >= 0.3 is 0 Å². The summed E-state index contributed by atoms with van der Waals surface area (Å²) in [5.74, 6) is 0. The van der Waals surface area contributed by atoms with Gasteiger partial charge in [0, 0.05) is 13.2 Å². The van der Waals surface area contributed by atoms with E-state index in [4.69, 9.17) is 16.7 Å². The molecular weight excluding hydrogens is 262 g/mol. The van der Waals surface area contributed by atoms with Crippen LogP contribution in [0.5, 0.6) is 0 Å². The van der Waals surface area contributed by atoms with Gasteiger partial charge in [0.05, 0.1) is 5.02 Å². The third-order valence-electron chi connectivity index (χ3n) is 2.25. The Hall–Kier alpha value is -0.620. The molecular formula is C11H16ClNO3S. The lowest BCUT2D eigenvalue weighted by Gasteiger charge is -2.08. The molecule has 2 N–H and O–H groups in total. The molecule has 0 aromatic heterocycles. The van der Waals surface area contributed by atoms with Gasteiger partial charge in [-0.1, -0.05) is 17.7 Å². The summed E-state index contributed by atoms with van der Waals surface area (Å²) in [6.45, 7) is 2.21. The van der Waals surface area contributed by atoms with Gasteiger partial charge in [-0.2, -0.15) is 0 Å². The van der Waals surface area contributed by atoms with Crippen molar-refractivity contribution >= 4 is 21.6 Å². The fourth-order valence-electron chi connectivity index (χ4n) is 1.34. The lowest BCUT2D eigenvalue weighted by molar-refractivity contribution is 0.285. The van der Waals surface area contributed by atoms with Crippen LogP contribution in [-0.4, -0.2) is 26.7 Å². The van der Waals surface area contributed by atoms with E-state index in [-0.39, 0.29) is 16.5 Å². The van der Waals surface area contributed by atoms with Crippen LogP contribution in [0.4, 0.5) is 0 Å². The quantitative estimate of drug-likeness (QED) is 0.778. The number of unbranched alkanes of at least 4 members (excludes halogenated alkanes) is 1. The zero-order chi connectivity index (χ0) is 12.9. The molecule has 4 nitrogen and oxygen atoms in total. The first-order valence-electron chi connectivity index (χ1n) is 5.34. The lowest BCUT2D eigenvalue weighted by Crippen LogP contribution is -2.25. The van der Waals surface area contributed by atoms with E-state index in [1.54, 1.807) is 12.1 Å². The van der Waals surface area contributed by atoms with Crippen LogP contribution in [0.25, 0.3) is 0 Å². The average molecular weight is 278 g/mol. The van der Waals surface area contributed by atoms with Crippen LogP contribution < -0.4 is 4.72 Å². The Morgan fingerprint density at radius 2 is 2.06 bits per heavy atom. The van der Waals surface area contributed by atoms with Gasteiger partial charge in [-0.3, -0.25) is 0 Å². The Labute approximate surface area is 107 Å². The largest absolute Gasteiger partial charge is 0.396 e. The van der Waals surface area contributed by atoms with E-state index in [0.29, 0.717) is 19.4 Å². The molecule has 96 valence electrons. The highest BCUT2D eigenvalue weighted by molar-refractivity contribution is 7.89. The number of nitrogens with one attached hydrogen (secondary N) is 1. The van der Waals surface area contributed by atoms with Gasteiger partial charge in [-0.15, -0.1) is 0 Å². The van der Waals surface area contributed by atoms with Gasteiger partial charge in [0.15, 0.2) is 0 Å². The average Bonchev–Trinajstić information content (AvgIpc) is 2.24. The van der Waals surface area contributed by atoms with E-state index in [9.17, 15) is 8.42 Å². The summed E-state index contributed by atoms with van der Waals surface area (Å²) >= 11 is 5.89. The first-order chi connectivity index (χ1) is 7.97. The second-order valence-corrected chi connectivity index (χ2v) is 5.90. The molecule has 0 amide bonds. The maximum Gasteiger partial charge on any atom is 0.242 e. The Kier molecular flexibility index (Phi) is 5.39. The smallest absolute Gasteiger partial charge is 0.242 e. The fourth-order valence-corrected chi connectivity index (χ4v) is 3.02. The van der Waals surface area contributed by atoms with Crippen molar-refractivity contribution in [2.75, 3.05) is 13.2 Å². The maximum absolute atomic E-state index is 11.9. The number of rotatable bonds is 6. The SMILES string of the molecule is Cc1ccc(S(=O)(=O)NCCCCO)c(Cl)c1. The molecule has 0 aliphatic heterocycles. The van der Waals surface area contributed by atoms with E-state index in [2.05, 4.69) is 4.72 Å². The second-order valence-electron chi connectivity index (χ2n) is 3.76. The minimum absolute atomic E-state index is 0.0625. The van der Waals surface area contributed by atoms with E-state index < -0.39 is 10.0 Å². The number of halogens is 1. The second kappa shape index (κ2) is 6.35. The van der Waals surface area contributed by atoms with Crippen molar-refractivity contribution in [3.05, 3.63) is 28.8 Å². The molecule has 0 spiro atoms. The number of aryl methyl sites for hydroxylation is 1. The predicted molar refractivity (Wildman–Crippen MR) is 67.7 cm³/mol. The van der Waals surface area contributed by atoms with Crippen LogP contribution in [0.3, 0.4) is 0 Å². The molecule has 0 heterocycles.